The summed E-state index contributed by atoms with van der Waals surface area (Å²) < 4.78 is 39.8. The minimum atomic E-state index is -1.59. The molecule has 2 aliphatic heterocycles. The predicted molar refractivity (Wildman–Crippen MR) is 71.4 cm³/mol. The number of nitrogens with zero attached hydrogens (tertiary/aromatic N) is 2. The Morgan fingerprint density at radius 3 is 2.48 bits per heavy atom. The maximum absolute atomic E-state index is 13.7. The first kappa shape index (κ1) is 14.4. The van der Waals surface area contributed by atoms with Gasteiger partial charge in [0.05, 0.1) is 5.56 Å². The van der Waals surface area contributed by atoms with Crippen molar-refractivity contribution in [3.8, 4) is 0 Å². The van der Waals surface area contributed by atoms with Crippen molar-refractivity contribution in [2.75, 3.05) is 26.2 Å². The number of carbonyl (C=O) groups excluding carboxylic acids is 1. The van der Waals surface area contributed by atoms with Gasteiger partial charge in [0.2, 0.25) is 0 Å². The highest BCUT2D eigenvalue weighted by Gasteiger charge is 2.33. The van der Waals surface area contributed by atoms with Gasteiger partial charge in [-0.15, -0.1) is 0 Å². The number of amides is 1. The number of rotatable bonds is 2. The van der Waals surface area contributed by atoms with E-state index in [1.165, 1.54) is 17.7 Å². The van der Waals surface area contributed by atoms with Gasteiger partial charge in [-0.25, -0.2) is 13.2 Å². The Morgan fingerprint density at radius 1 is 1.05 bits per heavy atom. The van der Waals surface area contributed by atoms with Crippen molar-refractivity contribution < 1.29 is 18.0 Å². The lowest BCUT2D eigenvalue weighted by molar-refractivity contribution is 0.0774. The highest BCUT2D eigenvalue weighted by atomic mass is 19.2. The van der Waals surface area contributed by atoms with Gasteiger partial charge in [-0.3, -0.25) is 9.69 Å². The Morgan fingerprint density at radius 2 is 1.76 bits per heavy atom. The second-order valence-corrected chi connectivity index (χ2v) is 5.66. The van der Waals surface area contributed by atoms with Gasteiger partial charge in [0.25, 0.3) is 5.91 Å². The Hall–Kier alpha value is -1.56. The lowest BCUT2D eigenvalue weighted by atomic mass is 10.1. The summed E-state index contributed by atoms with van der Waals surface area (Å²) in [7, 11) is 0. The Balaban J connectivity index is 1.73. The first-order chi connectivity index (χ1) is 10.1. The van der Waals surface area contributed by atoms with E-state index in [1.807, 2.05) is 0 Å². The molecule has 2 aliphatic rings. The molecule has 6 heteroatoms. The van der Waals surface area contributed by atoms with E-state index >= 15 is 0 Å². The van der Waals surface area contributed by atoms with Crippen LogP contribution in [-0.2, 0) is 0 Å². The van der Waals surface area contributed by atoms with Crippen LogP contribution in [0.3, 0.4) is 0 Å². The van der Waals surface area contributed by atoms with E-state index < -0.39 is 28.9 Å². The molecule has 1 aromatic rings. The predicted octanol–water partition coefficient (Wildman–Crippen LogP) is 2.41. The van der Waals surface area contributed by atoms with E-state index in [-0.39, 0.29) is 0 Å². The van der Waals surface area contributed by atoms with Crippen LogP contribution in [0.4, 0.5) is 13.2 Å². The van der Waals surface area contributed by atoms with E-state index in [0.717, 1.165) is 31.6 Å². The fourth-order valence-electron chi connectivity index (χ4n) is 3.19. The maximum atomic E-state index is 13.7. The van der Waals surface area contributed by atoms with Crippen molar-refractivity contribution in [2.45, 2.75) is 25.3 Å². The normalized spacial score (nSPS) is 23.0. The van der Waals surface area contributed by atoms with Crippen LogP contribution in [0.1, 0.15) is 29.6 Å². The van der Waals surface area contributed by atoms with Gasteiger partial charge in [-0.2, -0.15) is 0 Å². The topological polar surface area (TPSA) is 23.6 Å². The molecule has 0 aliphatic carbocycles. The summed E-state index contributed by atoms with van der Waals surface area (Å²) >= 11 is 0. The summed E-state index contributed by atoms with van der Waals surface area (Å²) in [6, 6.07) is 2.10. The van der Waals surface area contributed by atoms with Gasteiger partial charge in [0.1, 0.15) is 0 Å². The highest BCUT2D eigenvalue weighted by molar-refractivity contribution is 5.94. The molecule has 2 heterocycles. The number of benzene rings is 1. The molecule has 21 heavy (non-hydrogen) atoms. The van der Waals surface area contributed by atoms with Crippen LogP contribution in [0.2, 0.25) is 0 Å². The fourth-order valence-corrected chi connectivity index (χ4v) is 3.19. The summed E-state index contributed by atoms with van der Waals surface area (Å²) in [5.74, 6) is -4.82. The summed E-state index contributed by atoms with van der Waals surface area (Å²) in [4.78, 5) is 16.1. The highest BCUT2D eigenvalue weighted by Crippen LogP contribution is 2.23. The van der Waals surface area contributed by atoms with Crippen molar-refractivity contribution >= 4 is 5.91 Å². The van der Waals surface area contributed by atoms with E-state index in [9.17, 15) is 18.0 Å². The smallest absolute Gasteiger partial charge is 0.256 e. The minimum absolute atomic E-state index is 0.296. The standard InChI is InChI=1S/C15H17F3N2O/c16-12-4-3-11(13(17)14(12)18)15(21)20-8-5-10(9-20)19-6-1-2-7-19/h3-4,10H,1-2,5-9H2. The van der Waals surface area contributed by atoms with Crippen LogP contribution in [-0.4, -0.2) is 47.9 Å². The van der Waals surface area contributed by atoms with Gasteiger partial charge in [0, 0.05) is 19.1 Å². The number of hydrogen-bond donors (Lipinski definition) is 0. The molecule has 0 aromatic heterocycles. The monoisotopic (exact) mass is 298 g/mol. The average Bonchev–Trinajstić information content (AvgIpc) is 3.14. The molecule has 1 aromatic carbocycles. The van der Waals surface area contributed by atoms with Gasteiger partial charge in [-0.1, -0.05) is 0 Å². The molecule has 2 fully saturated rings. The fraction of sp³-hybridized carbons (Fsp3) is 0.533. The number of hydrogen-bond acceptors (Lipinski definition) is 2. The molecule has 114 valence electrons. The zero-order valence-electron chi connectivity index (χ0n) is 11.6. The molecule has 2 saturated heterocycles. The molecule has 0 bridgehead atoms. The second kappa shape index (κ2) is 5.67. The first-order valence-corrected chi connectivity index (χ1v) is 7.24. The van der Waals surface area contributed by atoms with Crippen LogP contribution in [0.25, 0.3) is 0 Å². The lowest BCUT2D eigenvalue weighted by Gasteiger charge is -2.23. The van der Waals surface area contributed by atoms with E-state index in [1.54, 1.807) is 0 Å². The third-order valence-electron chi connectivity index (χ3n) is 4.37. The largest absolute Gasteiger partial charge is 0.337 e. The van der Waals surface area contributed by atoms with E-state index in [2.05, 4.69) is 4.90 Å². The first-order valence-electron chi connectivity index (χ1n) is 7.24. The third-order valence-corrected chi connectivity index (χ3v) is 4.37. The van der Waals surface area contributed by atoms with Crippen molar-refractivity contribution in [2.24, 2.45) is 0 Å². The van der Waals surface area contributed by atoms with Crippen molar-refractivity contribution in [1.82, 2.24) is 9.80 Å². The molecule has 0 spiro atoms. The molecular weight excluding hydrogens is 281 g/mol. The maximum Gasteiger partial charge on any atom is 0.256 e. The lowest BCUT2D eigenvalue weighted by Crippen LogP contribution is -2.37. The quantitative estimate of drug-likeness (QED) is 0.783. The average molecular weight is 298 g/mol. The zero-order valence-corrected chi connectivity index (χ0v) is 11.6. The number of carbonyl (C=O) groups is 1. The number of likely N-dealkylation sites (tertiary alicyclic amines) is 2. The van der Waals surface area contributed by atoms with Crippen LogP contribution in [0.5, 0.6) is 0 Å². The molecule has 1 unspecified atom stereocenters. The summed E-state index contributed by atoms with van der Waals surface area (Å²) in [5.41, 5.74) is -0.393. The molecule has 3 rings (SSSR count). The zero-order chi connectivity index (χ0) is 15.0. The van der Waals surface area contributed by atoms with E-state index in [4.69, 9.17) is 0 Å². The Bertz CT molecular complexity index is 558. The van der Waals surface area contributed by atoms with Crippen LogP contribution in [0, 0.1) is 17.5 Å². The summed E-state index contributed by atoms with van der Waals surface area (Å²) in [6.45, 7) is 3.12. The third kappa shape index (κ3) is 2.64. The minimum Gasteiger partial charge on any atom is -0.337 e. The molecule has 0 radical (unpaired) electrons. The molecule has 0 N–H and O–H groups in total. The number of halogens is 3. The van der Waals surface area contributed by atoms with Gasteiger partial charge >= 0.3 is 0 Å². The van der Waals surface area contributed by atoms with Crippen LogP contribution >= 0.6 is 0 Å². The van der Waals surface area contributed by atoms with Gasteiger partial charge < -0.3 is 4.90 Å². The molecule has 0 saturated carbocycles. The van der Waals surface area contributed by atoms with Crippen molar-refractivity contribution in [1.29, 1.82) is 0 Å². The second-order valence-electron chi connectivity index (χ2n) is 5.66. The van der Waals surface area contributed by atoms with Gasteiger partial charge in [-0.05, 0) is 44.5 Å². The van der Waals surface area contributed by atoms with Crippen LogP contribution < -0.4 is 0 Å². The molecule has 3 nitrogen and oxygen atoms in total. The molecule has 1 amide bonds. The van der Waals surface area contributed by atoms with Crippen LogP contribution in [0.15, 0.2) is 12.1 Å². The van der Waals surface area contributed by atoms with E-state index in [0.29, 0.717) is 19.1 Å². The summed E-state index contributed by atoms with van der Waals surface area (Å²) in [5, 5.41) is 0. The van der Waals surface area contributed by atoms with Gasteiger partial charge in [0.15, 0.2) is 17.5 Å². The Kier molecular flexibility index (Phi) is 3.89. The Labute approximate surface area is 121 Å². The van der Waals surface area contributed by atoms with Crippen molar-refractivity contribution in [3.05, 3.63) is 35.1 Å². The molecular formula is C15H17F3N2O. The molecule has 1 atom stereocenters. The SMILES string of the molecule is O=C(c1ccc(F)c(F)c1F)N1CCC(N2CCCC2)C1. The summed E-state index contributed by atoms with van der Waals surface area (Å²) in [6.07, 6.45) is 3.18. The van der Waals surface area contributed by atoms with Crippen molar-refractivity contribution in [3.63, 3.8) is 0 Å².